The molecule has 1 aliphatic rings. The molecule has 2 atom stereocenters. The molecule has 6 heteroatoms. The van der Waals surface area contributed by atoms with Crippen LogP contribution >= 0.6 is 11.3 Å². The van der Waals surface area contributed by atoms with Gasteiger partial charge >= 0.3 is 0 Å². The van der Waals surface area contributed by atoms with E-state index in [4.69, 9.17) is 10.6 Å². The molecule has 2 rings (SSSR count). The summed E-state index contributed by atoms with van der Waals surface area (Å²) in [6, 6.07) is 0. The van der Waals surface area contributed by atoms with E-state index in [1.54, 1.807) is 0 Å². The molecule has 5 nitrogen and oxygen atoms in total. The van der Waals surface area contributed by atoms with Crippen molar-refractivity contribution in [3.8, 4) is 0 Å². The van der Waals surface area contributed by atoms with Gasteiger partial charge in [-0.15, -0.1) is 10.2 Å². The summed E-state index contributed by atoms with van der Waals surface area (Å²) in [5, 5.41) is 9.37. The molecule has 0 bridgehead atoms. The maximum absolute atomic E-state index is 5.84. The van der Waals surface area contributed by atoms with Gasteiger partial charge in [-0.2, -0.15) is 0 Å². The highest BCUT2D eigenvalue weighted by molar-refractivity contribution is 7.15. The van der Waals surface area contributed by atoms with E-state index in [9.17, 15) is 0 Å². The lowest BCUT2D eigenvalue weighted by Crippen LogP contribution is -2.21. The fourth-order valence-electron chi connectivity index (χ4n) is 2.09. The highest BCUT2D eigenvalue weighted by atomic mass is 32.1. The predicted molar refractivity (Wildman–Crippen MR) is 63.9 cm³/mol. The zero-order valence-corrected chi connectivity index (χ0v) is 10.3. The average Bonchev–Trinajstić information content (AvgIpc) is 2.74. The number of ether oxygens (including phenoxy) is 1. The first kappa shape index (κ1) is 11.8. The third-order valence-corrected chi connectivity index (χ3v) is 3.75. The lowest BCUT2D eigenvalue weighted by atomic mass is 9.89. The molecule has 1 saturated carbocycles. The van der Waals surface area contributed by atoms with Crippen molar-refractivity contribution in [1.82, 2.24) is 10.2 Å². The Kier molecular flexibility index (Phi) is 4.09. The number of anilines is 1. The highest BCUT2D eigenvalue weighted by Crippen LogP contribution is 2.26. The summed E-state index contributed by atoms with van der Waals surface area (Å²) in [7, 11) is 0. The van der Waals surface area contributed by atoms with Crippen molar-refractivity contribution < 1.29 is 4.74 Å². The van der Waals surface area contributed by atoms with Gasteiger partial charge in [0.05, 0.1) is 6.10 Å². The van der Waals surface area contributed by atoms with Crippen LogP contribution in [0.2, 0.25) is 0 Å². The summed E-state index contributed by atoms with van der Waals surface area (Å²) < 4.78 is 5.84. The molecule has 1 heterocycles. The Morgan fingerprint density at radius 2 is 2.38 bits per heavy atom. The molecule has 0 aromatic carbocycles. The first-order valence-corrected chi connectivity index (χ1v) is 6.50. The van der Waals surface area contributed by atoms with Gasteiger partial charge < -0.3 is 4.74 Å². The third kappa shape index (κ3) is 3.13. The van der Waals surface area contributed by atoms with Gasteiger partial charge in [0.1, 0.15) is 11.6 Å². The number of nitrogens with two attached hydrogens (primary N) is 1. The van der Waals surface area contributed by atoms with E-state index in [1.807, 2.05) is 0 Å². The van der Waals surface area contributed by atoms with Crippen LogP contribution in [0.3, 0.4) is 0 Å². The summed E-state index contributed by atoms with van der Waals surface area (Å²) in [6.07, 6.45) is 5.34. The van der Waals surface area contributed by atoms with Crippen molar-refractivity contribution in [2.24, 2.45) is 11.8 Å². The lowest BCUT2D eigenvalue weighted by molar-refractivity contribution is 0.00439. The van der Waals surface area contributed by atoms with Crippen LogP contribution in [0.1, 0.15) is 37.6 Å². The molecule has 1 aliphatic carbocycles. The van der Waals surface area contributed by atoms with Crippen molar-refractivity contribution in [1.29, 1.82) is 0 Å². The maximum Gasteiger partial charge on any atom is 0.219 e. The molecule has 1 fully saturated rings. The summed E-state index contributed by atoms with van der Waals surface area (Å²) in [5.74, 6) is 6.02. The van der Waals surface area contributed by atoms with Gasteiger partial charge in [-0.1, -0.05) is 31.1 Å². The zero-order chi connectivity index (χ0) is 11.4. The van der Waals surface area contributed by atoms with Crippen molar-refractivity contribution >= 4 is 16.5 Å². The van der Waals surface area contributed by atoms with E-state index >= 15 is 0 Å². The molecular formula is C10H18N4OS. The van der Waals surface area contributed by atoms with Gasteiger partial charge in [0.25, 0.3) is 0 Å². The molecule has 0 radical (unpaired) electrons. The van der Waals surface area contributed by atoms with E-state index in [-0.39, 0.29) is 0 Å². The SMILES string of the molecule is CC1CCCC(OCc2nnc(NN)s2)C1. The van der Waals surface area contributed by atoms with Crippen molar-refractivity contribution in [2.75, 3.05) is 5.43 Å². The van der Waals surface area contributed by atoms with Gasteiger partial charge in [0.2, 0.25) is 5.13 Å². The normalized spacial score (nSPS) is 25.6. The number of nitrogens with one attached hydrogen (secondary N) is 1. The quantitative estimate of drug-likeness (QED) is 0.623. The largest absolute Gasteiger partial charge is 0.371 e. The molecule has 0 amide bonds. The number of nitrogens with zero attached hydrogens (tertiary/aromatic N) is 2. The minimum atomic E-state index is 0.391. The van der Waals surface area contributed by atoms with E-state index in [0.29, 0.717) is 17.8 Å². The topological polar surface area (TPSA) is 73.1 Å². The molecular weight excluding hydrogens is 224 g/mol. The lowest BCUT2D eigenvalue weighted by Gasteiger charge is -2.26. The summed E-state index contributed by atoms with van der Waals surface area (Å²) in [4.78, 5) is 0. The molecule has 0 spiro atoms. The molecule has 2 unspecified atom stereocenters. The van der Waals surface area contributed by atoms with Crippen LogP contribution in [-0.2, 0) is 11.3 Å². The molecule has 0 saturated heterocycles. The minimum Gasteiger partial charge on any atom is -0.371 e. The first-order chi connectivity index (χ1) is 7.78. The highest BCUT2D eigenvalue weighted by Gasteiger charge is 2.19. The molecule has 0 aliphatic heterocycles. The van der Waals surface area contributed by atoms with Gasteiger partial charge in [0.15, 0.2) is 0 Å². The number of hydrogen-bond acceptors (Lipinski definition) is 6. The third-order valence-electron chi connectivity index (χ3n) is 2.92. The van der Waals surface area contributed by atoms with Crippen LogP contribution in [-0.4, -0.2) is 16.3 Å². The molecule has 3 N–H and O–H groups in total. The van der Waals surface area contributed by atoms with Crippen LogP contribution in [0.25, 0.3) is 0 Å². The van der Waals surface area contributed by atoms with Gasteiger partial charge in [-0.3, -0.25) is 5.43 Å². The van der Waals surface area contributed by atoms with E-state index in [0.717, 1.165) is 10.9 Å². The Morgan fingerprint density at radius 1 is 1.50 bits per heavy atom. The van der Waals surface area contributed by atoms with Crippen LogP contribution in [0.5, 0.6) is 0 Å². The minimum absolute atomic E-state index is 0.391. The van der Waals surface area contributed by atoms with Gasteiger partial charge in [-0.05, 0) is 18.8 Å². The van der Waals surface area contributed by atoms with E-state index in [1.165, 1.54) is 37.0 Å². The second-order valence-electron chi connectivity index (χ2n) is 4.35. The zero-order valence-electron chi connectivity index (χ0n) is 9.48. The molecule has 1 aromatic heterocycles. The molecule has 90 valence electrons. The van der Waals surface area contributed by atoms with Crippen molar-refractivity contribution in [2.45, 2.75) is 45.3 Å². The second-order valence-corrected chi connectivity index (χ2v) is 5.41. The monoisotopic (exact) mass is 242 g/mol. The van der Waals surface area contributed by atoms with E-state index in [2.05, 4.69) is 22.5 Å². The fraction of sp³-hybridized carbons (Fsp3) is 0.800. The molecule has 16 heavy (non-hydrogen) atoms. The Balaban J connectivity index is 1.78. The predicted octanol–water partition coefficient (Wildman–Crippen LogP) is 1.92. The van der Waals surface area contributed by atoms with Gasteiger partial charge in [0, 0.05) is 0 Å². The van der Waals surface area contributed by atoms with E-state index < -0.39 is 0 Å². The van der Waals surface area contributed by atoms with Crippen molar-refractivity contribution in [3.05, 3.63) is 5.01 Å². The standard InChI is InChI=1S/C10H18N4OS/c1-7-3-2-4-8(5-7)15-6-9-13-14-10(12-11)16-9/h7-8H,2-6,11H2,1H3,(H,12,14). The number of nitrogen functional groups attached to an aromatic ring is 1. The van der Waals surface area contributed by atoms with Crippen LogP contribution in [0, 0.1) is 5.92 Å². The van der Waals surface area contributed by atoms with Crippen LogP contribution in [0.4, 0.5) is 5.13 Å². The Bertz CT molecular complexity index is 330. The van der Waals surface area contributed by atoms with Crippen molar-refractivity contribution in [3.63, 3.8) is 0 Å². The van der Waals surface area contributed by atoms with Crippen LogP contribution in [0.15, 0.2) is 0 Å². The van der Waals surface area contributed by atoms with Gasteiger partial charge in [-0.25, -0.2) is 5.84 Å². The number of hydrogen-bond donors (Lipinski definition) is 2. The number of aromatic nitrogens is 2. The van der Waals surface area contributed by atoms with Crippen LogP contribution < -0.4 is 11.3 Å². The Morgan fingerprint density at radius 3 is 3.06 bits per heavy atom. The number of rotatable bonds is 4. The first-order valence-electron chi connectivity index (χ1n) is 5.68. The smallest absolute Gasteiger partial charge is 0.219 e. The summed E-state index contributed by atoms with van der Waals surface area (Å²) in [5.41, 5.74) is 2.48. The summed E-state index contributed by atoms with van der Waals surface area (Å²) >= 11 is 1.44. The Labute approximate surface area is 99.4 Å². The number of hydrazine groups is 1. The summed E-state index contributed by atoms with van der Waals surface area (Å²) in [6.45, 7) is 2.84. The second kappa shape index (κ2) is 5.56. The Hall–Kier alpha value is -0.720. The maximum atomic E-state index is 5.84. The fourth-order valence-corrected chi connectivity index (χ4v) is 2.66. The average molecular weight is 242 g/mol. The molecule has 1 aromatic rings.